The van der Waals surface area contributed by atoms with E-state index in [4.69, 9.17) is 16.4 Å². The Morgan fingerprint density at radius 1 is 1.31 bits per heavy atom. The molecule has 0 aliphatic carbocycles. The van der Waals surface area contributed by atoms with Crippen molar-refractivity contribution in [2.75, 3.05) is 6.54 Å². The molecule has 0 spiro atoms. The van der Waals surface area contributed by atoms with Crippen molar-refractivity contribution in [1.82, 2.24) is 4.90 Å². The lowest BCUT2D eigenvalue weighted by molar-refractivity contribution is -0.133. The van der Waals surface area contributed by atoms with Crippen LogP contribution in [0.2, 0.25) is 5.02 Å². The number of carbonyl (C=O) groups excluding carboxylic acids is 1. The fraction of sp³-hybridized carbons (Fsp3) is 0.300. The van der Waals surface area contributed by atoms with Crippen LogP contribution in [0.5, 0.6) is 0 Å². The molecule has 0 aromatic heterocycles. The first-order chi connectivity index (χ1) is 12.5. The molecular formula is C20H20ClFN2O2. The zero-order chi connectivity index (χ0) is 18.5. The first-order valence-corrected chi connectivity index (χ1v) is 8.93. The number of oxime groups is 1. The second-order valence-corrected chi connectivity index (χ2v) is 6.67. The van der Waals surface area contributed by atoms with E-state index < -0.39 is 0 Å². The van der Waals surface area contributed by atoms with Crippen molar-refractivity contribution in [2.24, 2.45) is 5.16 Å². The molecule has 3 rings (SSSR count). The molecule has 1 aliphatic heterocycles. The minimum absolute atomic E-state index is 0.00203. The van der Waals surface area contributed by atoms with E-state index in [0.717, 1.165) is 16.8 Å². The third-order valence-electron chi connectivity index (χ3n) is 4.25. The molecule has 0 saturated heterocycles. The van der Waals surface area contributed by atoms with Crippen molar-refractivity contribution in [3.63, 3.8) is 0 Å². The fourth-order valence-electron chi connectivity index (χ4n) is 2.92. The van der Waals surface area contributed by atoms with Crippen LogP contribution in [0.4, 0.5) is 4.39 Å². The number of hydrogen-bond acceptors (Lipinski definition) is 3. The zero-order valence-electron chi connectivity index (χ0n) is 14.5. The first-order valence-electron chi connectivity index (χ1n) is 8.56. The number of amides is 1. The van der Waals surface area contributed by atoms with Gasteiger partial charge in [-0.2, -0.15) is 0 Å². The van der Waals surface area contributed by atoms with E-state index in [2.05, 4.69) is 5.16 Å². The minimum Gasteiger partial charge on any atom is -0.390 e. The molecule has 4 nitrogen and oxygen atoms in total. The Labute approximate surface area is 157 Å². The Morgan fingerprint density at radius 2 is 2.08 bits per heavy atom. The number of rotatable bonds is 6. The van der Waals surface area contributed by atoms with Crippen LogP contribution < -0.4 is 0 Å². The summed E-state index contributed by atoms with van der Waals surface area (Å²) in [5.41, 5.74) is 2.54. The molecule has 0 saturated carbocycles. The highest BCUT2D eigenvalue weighted by Gasteiger charge is 2.26. The van der Waals surface area contributed by atoms with E-state index >= 15 is 0 Å². The Kier molecular flexibility index (Phi) is 5.89. The molecule has 26 heavy (non-hydrogen) atoms. The number of nitrogens with zero attached hydrogens (tertiary/aromatic N) is 2. The van der Waals surface area contributed by atoms with E-state index in [0.29, 0.717) is 31.0 Å². The molecule has 1 heterocycles. The maximum Gasteiger partial charge on any atom is 0.222 e. The van der Waals surface area contributed by atoms with Crippen molar-refractivity contribution < 1.29 is 14.0 Å². The predicted octanol–water partition coefficient (Wildman–Crippen LogP) is 4.41. The third-order valence-corrected chi connectivity index (χ3v) is 4.50. The van der Waals surface area contributed by atoms with Crippen molar-refractivity contribution in [2.45, 2.75) is 32.4 Å². The van der Waals surface area contributed by atoms with Crippen molar-refractivity contribution in [3.05, 3.63) is 70.5 Å². The molecule has 1 aliphatic rings. The summed E-state index contributed by atoms with van der Waals surface area (Å²) >= 11 is 5.91. The van der Waals surface area contributed by atoms with Crippen LogP contribution in [-0.2, 0) is 16.2 Å². The van der Waals surface area contributed by atoms with Crippen LogP contribution in [0.1, 0.15) is 30.9 Å². The molecule has 136 valence electrons. The minimum atomic E-state index is -0.308. The maximum atomic E-state index is 13.4. The van der Waals surface area contributed by atoms with Crippen LogP contribution >= 0.6 is 11.6 Å². The molecule has 0 N–H and O–H groups in total. The van der Waals surface area contributed by atoms with Gasteiger partial charge in [-0.15, -0.1) is 0 Å². The number of benzene rings is 2. The summed E-state index contributed by atoms with van der Waals surface area (Å²) < 4.78 is 13.4. The quantitative estimate of drug-likeness (QED) is 0.751. The summed E-state index contributed by atoms with van der Waals surface area (Å²) in [5.74, 6) is -0.310. The Balaban J connectivity index is 1.65. The SMILES string of the molecule is CCC(=O)N(Cc1cccc(F)c1)C[C@H]1CC(c2ccc(Cl)cc2)=NO1. The maximum absolute atomic E-state index is 13.4. The molecule has 0 fully saturated rings. The van der Waals surface area contributed by atoms with Gasteiger partial charge >= 0.3 is 0 Å². The normalized spacial score (nSPS) is 16.1. The van der Waals surface area contributed by atoms with E-state index in [-0.39, 0.29) is 17.8 Å². The lowest BCUT2D eigenvalue weighted by Crippen LogP contribution is -2.36. The largest absolute Gasteiger partial charge is 0.390 e. The first kappa shape index (κ1) is 18.4. The summed E-state index contributed by atoms with van der Waals surface area (Å²) in [7, 11) is 0. The van der Waals surface area contributed by atoms with Gasteiger partial charge in [-0.25, -0.2) is 4.39 Å². The fourth-order valence-corrected chi connectivity index (χ4v) is 3.04. The summed E-state index contributed by atoms with van der Waals surface area (Å²) in [6, 6.07) is 13.7. The van der Waals surface area contributed by atoms with Crippen LogP contribution in [0.25, 0.3) is 0 Å². The standard InChI is InChI=1S/C20H20ClFN2O2/c1-2-20(25)24(12-14-4-3-5-17(22)10-14)13-18-11-19(23-26-18)15-6-8-16(21)9-7-15/h3-10,18H,2,11-13H2,1H3/t18-/m1/s1. The molecular weight excluding hydrogens is 355 g/mol. The molecule has 0 radical (unpaired) electrons. The molecule has 2 aromatic rings. The van der Waals surface area contributed by atoms with Crippen molar-refractivity contribution >= 4 is 23.2 Å². The van der Waals surface area contributed by atoms with Gasteiger partial charge < -0.3 is 9.74 Å². The van der Waals surface area contributed by atoms with Crippen LogP contribution in [0, 0.1) is 5.82 Å². The van der Waals surface area contributed by atoms with Crippen molar-refractivity contribution in [1.29, 1.82) is 0 Å². The van der Waals surface area contributed by atoms with E-state index in [1.165, 1.54) is 12.1 Å². The molecule has 1 atom stereocenters. The second-order valence-electron chi connectivity index (χ2n) is 6.23. The molecule has 2 aromatic carbocycles. The monoisotopic (exact) mass is 374 g/mol. The van der Waals surface area contributed by atoms with Gasteiger partial charge in [-0.05, 0) is 35.4 Å². The van der Waals surface area contributed by atoms with Crippen molar-refractivity contribution in [3.8, 4) is 0 Å². The number of hydrogen-bond donors (Lipinski definition) is 0. The van der Waals surface area contributed by atoms with Crippen LogP contribution in [0.15, 0.2) is 53.7 Å². The highest BCUT2D eigenvalue weighted by atomic mass is 35.5. The summed E-state index contributed by atoms with van der Waals surface area (Å²) in [4.78, 5) is 19.5. The average Bonchev–Trinajstić information content (AvgIpc) is 3.10. The van der Waals surface area contributed by atoms with Gasteiger partial charge in [0, 0.05) is 24.4 Å². The molecule has 0 bridgehead atoms. The second kappa shape index (κ2) is 8.32. The topological polar surface area (TPSA) is 41.9 Å². The lowest BCUT2D eigenvalue weighted by atomic mass is 10.0. The summed E-state index contributed by atoms with van der Waals surface area (Å²) in [5, 5.41) is 4.82. The van der Waals surface area contributed by atoms with Gasteiger partial charge in [0.2, 0.25) is 5.91 Å². The van der Waals surface area contributed by atoms with Gasteiger partial charge in [0.25, 0.3) is 0 Å². The highest BCUT2D eigenvalue weighted by molar-refractivity contribution is 6.30. The molecule has 1 amide bonds. The summed E-state index contributed by atoms with van der Waals surface area (Å²) in [6.07, 6.45) is 0.773. The van der Waals surface area contributed by atoms with E-state index in [1.807, 2.05) is 37.3 Å². The van der Waals surface area contributed by atoms with Gasteiger partial charge in [0.1, 0.15) is 5.82 Å². The number of carbonyl (C=O) groups is 1. The van der Waals surface area contributed by atoms with Gasteiger partial charge in [0.05, 0.1) is 12.3 Å². The molecule has 0 unspecified atom stereocenters. The predicted molar refractivity (Wildman–Crippen MR) is 99.6 cm³/mol. The van der Waals surface area contributed by atoms with Gasteiger partial charge in [-0.1, -0.05) is 47.9 Å². The zero-order valence-corrected chi connectivity index (χ0v) is 15.2. The lowest BCUT2D eigenvalue weighted by Gasteiger charge is -2.24. The highest BCUT2D eigenvalue weighted by Crippen LogP contribution is 2.20. The van der Waals surface area contributed by atoms with Gasteiger partial charge in [0.15, 0.2) is 6.10 Å². The van der Waals surface area contributed by atoms with Crippen LogP contribution in [-0.4, -0.2) is 29.2 Å². The third kappa shape index (κ3) is 4.61. The Hall–Kier alpha value is -2.40. The average molecular weight is 375 g/mol. The van der Waals surface area contributed by atoms with Crippen LogP contribution in [0.3, 0.4) is 0 Å². The van der Waals surface area contributed by atoms with E-state index in [1.54, 1.807) is 11.0 Å². The Bertz CT molecular complexity index is 808. The van der Waals surface area contributed by atoms with E-state index in [9.17, 15) is 9.18 Å². The Morgan fingerprint density at radius 3 is 2.77 bits per heavy atom. The summed E-state index contributed by atoms with van der Waals surface area (Å²) in [6.45, 7) is 2.57. The molecule has 6 heteroatoms. The van der Waals surface area contributed by atoms with Gasteiger partial charge in [-0.3, -0.25) is 4.79 Å². The number of halogens is 2. The smallest absolute Gasteiger partial charge is 0.222 e.